The first-order valence-corrected chi connectivity index (χ1v) is 15.9. The summed E-state index contributed by atoms with van der Waals surface area (Å²) in [5.74, 6) is -4.05. The summed E-state index contributed by atoms with van der Waals surface area (Å²) >= 11 is 1.24. The van der Waals surface area contributed by atoms with Crippen molar-refractivity contribution in [3.63, 3.8) is 0 Å². The molecule has 0 radical (unpaired) electrons. The molecule has 236 valence electrons. The molecule has 7 atom stereocenters. The second kappa shape index (κ2) is 15.5. The number of nitrogens with zero attached hydrogens (tertiary/aromatic N) is 2. The normalized spacial score (nSPS) is 27.9. The van der Waals surface area contributed by atoms with Crippen LogP contribution in [0.3, 0.4) is 0 Å². The van der Waals surface area contributed by atoms with E-state index < -0.39 is 59.9 Å². The van der Waals surface area contributed by atoms with Crippen LogP contribution in [0.4, 0.5) is 0 Å². The monoisotopic (exact) mass is 607 g/mol. The largest absolute Gasteiger partial charge is 0.452 e. The molecular formula is C30H49N5O6S. The summed E-state index contributed by atoms with van der Waals surface area (Å²) in [6, 6.07) is -2.85. The van der Waals surface area contributed by atoms with Crippen LogP contribution in [0, 0.1) is 23.7 Å². The van der Waals surface area contributed by atoms with Crippen LogP contribution in [-0.2, 0) is 23.9 Å². The SMILES string of the molecule is CCCC1NC(=O)c2csc(n2)[C@H](C)NC(=O)[C@H](C(C)C)N(C)C(=O)[C@H](C(C)C)NC(=O)[C@H](C(C)CC)OC(=O)C1C. The van der Waals surface area contributed by atoms with Gasteiger partial charge >= 0.3 is 5.97 Å². The summed E-state index contributed by atoms with van der Waals surface area (Å²) in [6.45, 7) is 16.4. The summed E-state index contributed by atoms with van der Waals surface area (Å²) in [6.07, 6.45) is 0.620. The highest BCUT2D eigenvalue weighted by molar-refractivity contribution is 7.09. The van der Waals surface area contributed by atoms with Gasteiger partial charge in [-0.05, 0) is 38.5 Å². The molecule has 3 N–H and O–H groups in total. The number of aromatic nitrogens is 1. The van der Waals surface area contributed by atoms with Gasteiger partial charge in [-0.1, -0.05) is 54.9 Å². The van der Waals surface area contributed by atoms with Gasteiger partial charge in [0.1, 0.15) is 22.8 Å². The molecule has 0 saturated carbocycles. The molecular weight excluding hydrogens is 558 g/mol. The van der Waals surface area contributed by atoms with Crippen molar-refractivity contribution in [1.82, 2.24) is 25.8 Å². The number of nitrogens with one attached hydrogen (secondary N) is 3. The van der Waals surface area contributed by atoms with Crippen LogP contribution in [0.5, 0.6) is 0 Å². The van der Waals surface area contributed by atoms with Crippen LogP contribution >= 0.6 is 11.3 Å². The van der Waals surface area contributed by atoms with Gasteiger partial charge < -0.3 is 25.6 Å². The Balaban J connectivity index is 2.60. The molecule has 1 aliphatic rings. The van der Waals surface area contributed by atoms with E-state index in [0.29, 0.717) is 24.3 Å². The average Bonchev–Trinajstić information content (AvgIpc) is 3.43. The number of fused-ring (bicyclic) bond motifs is 2. The standard InChI is InChI=1S/C30H49N5O6S/c1-11-13-20-18(8)30(40)41-24(17(7)12-2)27(38)34-22(15(3)4)29(39)35(10)23(16(5)6)26(37)31-19(9)28-33-21(14-42-28)25(36)32-20/h14-20,22-24H,11-13H2,1-10H3,(H,31,37)(H,32,36)(H,34,38)/t17?,18?,19-,20?,22-,23-,24-/m0/s1. The van der Waals surface area contributed by atoms with E-state index >= 15 is 0 Å². The fourth-order valence-corrected chi connectivity index (χ4v) is 5.83. The third-order valence-corrected chi connectivity index (χ3v) is 8.96. The third-order valence-electron chi connectivity index (χ3n) is 7.93. The zero-order chi connectivity index (χ0) is 31.9. The number of hydrogen-bond donors (Lipinski definition) is 3. The molecule has 0 fully saturated rings. The second-order valence-electron chi connectivity index (χ2n) is 12.1. The lowest BCUT2D eigenvalue weighted by molar-refractivity contribution is -0.164. The number of hydrogen-bond acceptors (Lipinski definition) is 8. The van der Waals surface area contributed by atoms with Crippen LogP contribution in [0.1, 0.15) is 103 Å². The first kappa shape index (κ1) is 35.2. The van der Waals surface area contributed by atoms with E-state index in [1.54, 1.807) is 33.2 Å². The number of carbonyl (C=O) groups excluding carboxylic acids is 5. The molecule has 12 heteroatoms. The quantitative estimate of drug-likeness (QED) is 0.420. The molecule has 0 spiro atoms. The Morgan fingerprint density at radius 1 is 0.952 bits per heavy atom. The number of esters is 1. The smallest absolute Gasteiger partial charge is 0.311 e. The second-order valence-corrected chi connectivity index (χ2v) is 13.0. The van der Waals surface area contributed by atoms with Crippen molar-refractivity contribution in [2.75, 3.05) is 7.05 Å². The van der Waals surface area contributed by atoms with Gasteiger partial charge in [-0.2, -0.15) is 0 Å². The molecule has 1 aromatic heterocycles. The summed E-state index contributed by atoms with van der Waals surface area (Å²) in [5.41, 5.74) is 0.181. The van der Waals surface area contributed by atoms with Gasteiger partial charge in [-0.25, -0.2) is 4.98 Å². The van der Waals surface area contributed by atoms with Crippen LogP contribution in [0.15, 0.2) is 5.38 Å². The van der Waals surface area contributed by atoms with E-state index in [0.717, 1.165) is 0 Å². The zero-order valence-corrected chi connectivity index (χ0v) is 27.5. The molecule has 42 heavy (non-hydrogen) atoms. The highest BCUT2D eigenvalue weighted by atomic mass is 32.1. The van der Waals surface area contributed by atoms with Crippen molar-refractivity contribution in [2.24, 2.45) is 23.7 Å². The molecule has 3 unspecified atom stereocenters. The van der Waals surface area contributed by atoms with E-state index in [4.69, 9.17) is 4.74 Å². The minimum Gasteiger partial charge on any atom is -0.452 e. The van der Waals surface area contributed by atoms with E-state index in [-0.39, 0.29) is 29.4 Å². The van der Waals surface area contributed by atoms with Gasteiger partial charge in [0, 0.05) is 24.4 Å². The summed E-state index contributed by atoms with van der Waals surface area (Å²) in [7, 11) is 1.55. The first-order valence-electron chi connectivity index (χ1n) is 15.0. The van der Waals surface area contributed by atoms with Gasteiger partial charge in [0.15, 0.2) is 6.10 Å². The van der Waals surface area contributed by atoms with Crippen LogP contribution in [0.2, 0.25) is 0 Å². The maximum atomic E-state index is 13.8. The number of carbonyl (C=O) groups is 5. The summed E-state index contributed by atoms with van der Waals surface area (Å²) in [4.78, 5) is 73.3. The number of amides is 4. The third kappa shape index (κ3) is 8.52. The first-order chi connectivity index (χ1) is 19.6. The Hall–Kier alpha value is -3.02. The molecule has 2 bridgehead atoms. The van der Waals surface area contributed by atoms with Crippen molar-refractivity contribution in [1.29, 1.82) is 0 Å². The lowest BCUT2D eigenvalue weighted by Gasteiger charge is -2.35. The lowest BCUT2D eigenvalue weighted by Crippen LogP contribution is -2.59. The maximum Gasteiger partial charge on any atom is 0.311 e. The Kier molecular flexibility index (Phi) is 12.9. The van der Waals surface area contributed by atoms with Crippen molar-refractivity contribution in [2.45, 2.75) is 112 Å². The van der Waals surface area contributed by atoms with Gasteiger partial charge in [0.05, 0.1) is 12.0 Å². The Labute approximate surface area is 253 Å². The fraction of sp³-hybridized carbons (Fsp3) is 0.733. The number of likely N-dealkylation sites (N-methyl/N-ethyl adjacent to an activating group) is 1. The predicted octanol–water partition coefficient (Wildman–Crippen LogP) is 3.45. The van der Waals surface area contributed by atoms with Gasteiger partial charge in [-0.15, -0.1) is 11.3 Å². The van der Waals surface area contributed by atoms with Crippen molar-refractivity contribution >= 4 is 40.9 Å². The minimum absolute atomic E-state index is 0.181. The highest BCUT2D eigenvalue weighted by Gasteiger charge is 2.39. The van der Waals surface area contributed by atoms with Crippen LogP contribution < -0.4 is 16.0 Å². The van der Waals surface area contributed by atoms with E-state index in [2.05, 4.69) is 20.9 Å². The molecule has 2 heterocycles. The highest BCUT2D eigenvalue weighted by Crippen LogP contribution is 2.23. The van der Waals surface area contributed by atoms with Crippen LogP contribution in [-0.4, -0.2) is 70.8 Å². The van der Waals surface area contributed by atoms with Crippen molar-refractivity contribution < 1.29 is 28.7 Å². The Morgan fingerprint density at radius 3 is 2.14 bits per heavy atom. The summed E-state index contributed by atoms with van der Waals surface area (Å²) < 4.78 is 5.81. The number of ether oxygens (including phenoxy) is 1. The van der Waals surface area contributed by atoms with Crippen molar-refractivity contribution in [3.05, 3.63) is 16.1 Å². The molecule has 11 nitrogen and oxygen atoms in total. The average molecular weight is 608 g/mol. The Morgan fingerprint density at radius 2 is 1.60 bits per heavy atom. The summed E-state index contributed by atoms with van der Waals surface area (Å²) in [5, 5.41) is 10.8. The molecule has 4 amide bonds. The van der Waals surface area contributed by atoms with Crippen molar-refractivity contribution in [3.8, 4) is 0 Å². The van der Waals surface area contributed by atoms with Gasteiger partial charge in [-0.3, -0.25) is 24.0 Å². The molecule has 1 aliphatic heterocycles. The molecule has 0 aromatic carbocycles. The number of cyclic esters (lactones) is 1. The van der Waals surface area contributed by atoms with E-state index in [9.17, 15) is 24.0 Å². The molecule has 0 saturated heterocycles. The maximum absolute atomic E-state index is 13.8. The lowest BCUT2D eigenvalue weighted by atomic mass is 9.95. The van der Waals surface area contributed by atoms with E-state index in [1.807, 2.05) is 41.5 Å². The topological polar surface area (TPSA) is 147 Å². The number of thiazole rings is 1. The van der Waals surface area contributed by atoms with Gasteiger partial charge in [0.2, 0.25) is 11.8 Å². The minimum atomic E-state index is -1.14. The molecule has 0 aliphatic carbocycles. The van der Waals surface area contributed by atoms with E-state index in [1.165, 1.54) is 16.2 Å². The molecule has 1 aromatic rings. The van der Waals surface area contributed by atoms with Gasteiger partial charge in [0.25, 0.3) is 11.8 Å². The van der Waals surface area contributed by atoms with Crippen LogP contribution in [0.25, 0.3) is 0 Å². The zero-order valence-electron chi connectivity index (χ0n) is 26.6. The fourth-order valence-electron chi connectivity index (χ4n) is 5.02. The molecule has 2 rings (SSSR count). The number of rotatable bonds is 6. The Bertz CT molecular complexity index is 1120. The predicted molar refractivity (Wildman–Crippen MR) is 161 cm³/mol.